The number of hydrogen-bond donors (Lipinski definition) is 1. The Morgan fingerprint density at radius 1 is 1.56 bits per heavy atom. The highest BCUT2D eigenvalue weighted by molar-refractivity contribution is 5.45. The molecule has 0 saturated carbocycles. The molecule has 1 fully saturated rings. The van der Waals surface area contributed by atoms with Gasteiger partial charge in [-0.3, -0.25) is 4.98 Å². The van der Waals surface area contributed by atoms with Crippen LogP contribution in [-0.4, -0.2) is 35.5 Å². The zero-order valence-electron chi connectivity index (χ0n) is 11.0. The molecule has 1 aliphatic rings. The number of halogens is 1. The molecule has 18 heavy (non-hydrogen) atoms. The predicted molar refractivity (Wildman–Crippen MR) is 70.7 cm³/mol. The highest BCUT2D eigenvalue weighted by Gasteiger charge is 2.27. The van der Waals surface area contributed by atoms with Crippen LogP contribution in [0.5, 0.6) is 0 Å². The first-order chi connectivity index (χ1) is 8.61. The van der Waals surface area contributed by atoms with Gasteiger partial charge < -0.3 is 10.0 Å². The van der Waals surface area contributed by atoms with E-state index in [9.17, 15) is 9.50 Å². The zero-order valence-corrected chi connectivity index (χ0v) is 11.0. The van der Waals surface area contributed by atoms with Gasteiger partial charge in [0.1, 0.15) is 12.3 Å². The average molecular weight is 252 g/mol. The normalized spacial score (nSPS) is 26.1. The third-order valence-corrected chi connectivity index (χ3v) is 3.75. The molecule has 0 bridgehead atoms. The smallest absolute Gasteiger partial charge is 0.129 e. The molecule has 1 N–H and O–H groups in total. The lowest BCUT2D eigenvalue weighted by molar-refractivity contribution is 0.0645. The van der Waals surface area contributed by atoms with E-state index in [-0.39, 0.29) is 0 Å². The molecule has 0 amide bonds. The molecular formula is C14H21FN2O. The molecule has 3 nitrogen and oxygen atoms in total. The first-order valence-electron chi connectivity index (χ1n) is 6.64. The van der Waals surface area contributed by atoms with Gasteiger partial charge in [0.15, 0.2) is 0 Å². The molecule has 1 aliphatic heterocycles. The van der Waals surface area contributed by atoms with Crippen molar-refractivity contribution < 1.29 is 9.50 Å². The minimum Gasteiger partial charge on any atom is -0.388 e. The van der Waals surface area contributed by atoms with Gasteiger partial charge in [-0.2, -0.15) is 0 Å². The Hall–Kier alpha value is -1.16. The Labute approximate surface area is 108 Å². The van der Waals surface area contributed by atoms with Crippen LogP contribution in [0.1, 0.15) is 38.3 Å². The van der Waals surface area contributed by atoms with Crippen LogP contribution in [0, 0.1) is 0 Å². The van der Waals surface area contributed by atoms with Crippen molar-refractivity contribution in [2.75, 3.05) is 18.0 Å². The monoisotopic (exact) mass is 252 g/mol. The van der Waals surface area contributed by atoms with E-state index in [1.54, 1.807) is 0 Å². The summed E-state index contributed by atoms with van der Waals surface area (Å²) in [6.07, 6.45) is 1.31. The number of nitrogens with zero attached hydrogens (tertiary/aromatic N) is 2. The maximum Gasteiger partial charge on any atom is 0.129 e. The number of rotatable bonds is 3. The molecule has 4 heteroatoms. The van der Waals surface area contributed by atoms with Crippen LogP contribution in [0.3, 0.4) is 0 Å². The number of aromatic nitrogens is 1. The van der Waals surface area contributed by atoms with E-state index in [1.165, 1.54) is 0 Å². The average Bonchev–Trinajstić information content (AvgIpc) is 2.41. The molecule has 1 unspecified atom stereocenters. The van der Waals surface area contributed by atoms with Gasteiger partial charge in [0.05, 0.1) is 11.9 Å². The number of piperidine rings is 1. The van der Waals surface area contributed by atoms with E-state index in [2.05, 4.69) is 18.8 Å². The Kier molecular flexibility index (Phi) is 4.17. The third kappa shape index (κ3) is 2.80. The fourth-order valence-corrected chi connectivity index (χ4v) is 2.22. The van der Waals surface area contributed by atoms with Crippen LogP contribution in [-0.2, 0) is 0 Å². The maximum atomic E-state index is 13.2. The quantitative estimate of drug-likeness (QED) is 0.898. The second-order valence-electron chi connectivity index (χ2n) is 5.07. The van der Waals surface area contributed by atoms with Crippen LogP contribution in [0.2, 0.25) is 0 Å². The summed E-state index contributed by atoms with van der Waals surface area (Å²) in [5.41, 5.74) is 2.05. The number of hydrogen-bond acceptors (Lipinski definition) is 3. The van der Waals surface area contributed by atoms with E-state index in [1.807, 2.05) is 23.2 Å². The minimum absolute atomic E-state index is 0.353. The molecule has 0 radical (unpaired) electrons. The van der Waals surface area contributed by atoms with E-state index < -0.39 is 12.3 Å². The molecule has 0 aromatic carbocycles. The zero-order chi connectivity index (χ0) is 13.1. The lowest BCUT2D eigenvalue weighted by Crippen LogP contribution is -2.45. The van der Waals surface area contributed by atoms with Crippen molar-refractivity contribution >= 4 is 5.69 Å². The predicted octanol–water partition coefficient (Wildman–Crippen LogP) is 2.50. The third-order valence-electron chi connectivity index (χ3n) is 3.75. The standard InChI is InChI=1S/C14H21FN2O/c1-3-10(2)13-5-4-11(8-16-13)17-7-6-12(15)14(18)9-17/h4-5,8,10,12,14,18H,3,6-7,9H2,1-2H3/t10?,12-,14-/m1/s1. The van der Waals surface area contributed by atoms with Gasteiger partial charge in [-0.25, -0.2) is 4.39 Å². The second kappa shape index (κ2) is 5.65. The molecule has 0 spiro atoms. The van der Waals surface area contributed by atoms with Crippen LogP contribution >= 0.6 is 0 Å². The molecule has 2 rings (SSSR count). The van der Waals surface area contributed by atoms with Gasteiger partial charge in [-0.15, -0.1) is 0 Å². The van der Waals surface area contributed by atoms with Gasteiger partial charge >= 0.3 is 0 Å². The van der Waals surface area contributed by atoms with Crippen molar-refractivity contribution in [2.24, 2.45) is 0 Å². The van der Waals surface area contributed by atoms with Crippen LogP contribution in [0.4, 0.5) is 10.1 Å². The van der Waals surface area contributed by atoms with Crippen molar-refractivity contribution in [1.29, 1.82) is 0 Å². The molecular weight excluding hydrogens is 231 g/mol. The molecule has 2 heterocycles. The first-order valence-corrected chi connectivity index (χ1v) is 6.64. The SMILES string of the molecule is CCC(C)c1ccc(N2CC[C@@H](F)[C@H](O)C2)cn1. The summed E-state index contributed by atoms with van der Waals surface area (Å²) in [7, 11) is 0. The molecule has 1 aromatic heterocycles. The van der Waals surface area contributed by atoms with Crippen molar-refractivity contribution in [2.45, 2.75) is 44.9 Å². The van der Waals surface area contributed by atoms with E-state index in [0.717, 1.165) is 17.8 Å². The number of aliphatic hydroxyl groups excluding tert-OH is 1. The lowest BCUT2D eigenvalue weighted by atomic mass is 10.0. The van der Waals surface area contributed by atoms with Crippen molar-refractivity contribution in [3.63, 3.8) is 0 Å². The van der Waals surface area contributed by atoms with E-state index in [4.69, 9.17) is 0 Å². The topological polar surface area (TPSA) is 36.4 Å². The number of pyridine rings is 1. The van der Waals surface area contributed by atoms with Gasteiger partial charge in [0.2, 0.25) is 0 Å². The minimum atomic E-state index is -1.09. The van der Waals surface area contributed by atoms with Gasteiger partial charge in [0.25, 0.3) is 0 Å². The molecule has 1 aromatic rings. The Morgan fingerprint density at radius 3 is 2.89 bits per heavy atom. The highest BCUT2D eigenvalue weighted by Crippen LogP contribution is 2.23. The maximum absolute atomic E-state index is 13.2. The van der Waals surface area contributed by atoms with Gasteiger partial charge in [0, 0.05) is 18.8 Å². The summed E-state index contributed by atoms with van der Waals surface area (Å²) >= 11 is 0. The Bertz CT molecular complexity index is 382. The molecule has 100 valence electrons. The lowest BCUT2D eigenvalue weighted by Gasteiger charge is -2.33. The van der Waals surface area contributed by atoms with Gasteiger partial charge in [-0.1, -0.05) is 13.8 Å². The number of β-amino-alcohol motifs (C(OH)–C–C–N with tert-alkyl or cyclic N) is 1. The molecule has 1 saturated heterocycles. The van der Waals surface area contributed by atoms with E-state index >= 15 is 0 Å². The van der Waals surface area contributed by atoms with E-state index in [0.29, 0.717) is 25.4 Å². The summed E-state index contributed by atoms with van der Waals surface area (Å²) in [4.78, 5) is 6.45. The van der Waals surface area contributed by atoms with Crippen LogP contribution in [0.15, 0.2) is 18.3 Å². The fourth-order valence-electron chi connectivity index (χ4n) is 2.22. The molecule has 0 aliphatic carbocycles. The number of anilines is 1. The van der Waals surface area contributed by atoms with Crippen molar-refractivity contribution in [1.82, 2.24) is 4.98 Å². The molecule has 3 atom stereocenters. The largest absolute Gasteiger partial charge is 0.388 e. The number of aliphatic hydroxyl groups is 1. The van der Waals surface area contributed by atoms with Crippen molar-refractivity contribution in [3.8, 4) is 0 Å². The number of alkyl halides is 1. The summed E-state index contributed by atoms with van der Waals surface area (Å²) < 4.78 is 13.2. The Morgan fingerprint density at radius 2 is 2.33 bits per heavy atom. The summed E-state index contributed by atoms with van der Waals surface area (Å²) in [5, 5.41) is 9.55. The van der Waals surface area contributed by atoms with Crippen LogP contribution in [0.25, 0.3) is 0 Å². The summed E-state index contributed by atoms with van der Waals surface area (Å²) in [5.74, 6) is 0.459. The van der Waals surface area contributed by atoms with Crippen LogP contribution < -0.4 is 4.90 Å². The summed E-state index contributed by atoms with van der Waals surface area (Å²) in [6.45, 7) is 5.29. The van der Waals surface area contributed by atoms with Crippen molar-refractivity contribution in [3.05, 3.63) is 24.0 Å². The summed E-state index contributed by atoms with van der Waals surface area (Å²) in [6, 6.07) is 4.04. The highest BCUT2D eigenvalue weighted by atomic mass is 19.1. The first kappa shape index (κ1) is 13.3. The second-order valence-corrected chi connectivity index (χ2v) is 5.07. The fraction of sp³-hybridized carbons (Fsp3) is 0.643. The Balaban J connectivity index is 2.06. The van der Waals surface area contributed by atoms with Gasteiger partial charge in [-0.05, 0) is 30.9 Å².